The minimum absolute atomic E-state index is 0.438. The molecule has 0 atom stereocenters. The molecule has 0 heterocycles. The summed E-state index contributed by atoms with van der Waals surface area (Å²) >= 11 is 1.66. The van der Waals surface area contributed by atoms with E-state index in [1.54, 1.807) is 11.8 Å². The van der Waals surface area contributed by atoms with Gasteiger partial charge in [-0.3, -0.25) is 0 Å². The Labute approximate surface area is 75.4 Å². The van der Waals surface area contributed by atoms with Crippen LogP contribution < -0.4 is 0 Å². The molecule has 0 spiro atoms. The van der Waals surface area contributed by atoms with Gasteiger partial charge in [0.25, 0.3) is 0 Å². The lowest BCUT2D eigenvalue weighted by Gasteiger charge is -2.01. The van der Waals surface area contributed by atoms with Crippen LogP contribution in [0.4, 0.5) is 0 Å². The number of nitrogens with zero attached hydrogens (tertiary/aromatic N) is 3. The molecule has 0 aliphatic rings. The SMILES string of the molecule is CSc1ccccc1CN=[N+]=[N-]. The second-order valence-electron chi connectivity index (χ2n) is 2.20. The molecule has 0 aliphatic carbocycles. The van der Waals surface area contributed by atoms with Gasteiger partial charge in [-0.25, -0.2) is 0 Å². The highest BCUT2D eigenvalue weighted by atomic mass is 32.2. The highest BCUT2D eigenvalue weighted by molar-refractivity contribution is 7.98. The average molecular weight is 179 g/mol. The molecule has 0 N–H and O–H groups in total. The van der Waals surface area contributed by atoms with Gasteiger partial charge in [0.15, 0.2) is 0 Å². The van der Waals surface area contributed by atoms with E-state index < -0.39 is 0 Å². The minimum atomic E-state index is 0.438. The van der Waals surface area contributed by atoms with E-state index in [9.17, 15) is 0 Å². The molecule has 0 saturated carbocycles. The van der Waals surface area contributed by atoms with Crippen LogP contribution in [-0.2, 0) is 6.54 Å². The molecule has 0 radical (unpaired) electrons. The molecule has 0 unspecified atom stereocenters. The van der Waals surface area contributed by atoms with Crippen molar-refractivity contribution in [1.29, 1.82) is 0 Å². The first-order chi connectivity index (χ1) is 5.88. The van der Waals surface area contributed by atoms with Gasteiger partial charge in [0, 0.05) is 9.81 Å². The molecule has 4 heteroatoms. The molecule has 1 rings (SSSR count). The van der Waals surface area contributed by atoms with Gasteiger partial charge in [-0.2, -0.15) is 0 Å². The fraction of sp³-hybridized carbons (Fsp3) is 0.250. The zero-order valence-electron chi connectivity index (χ0n) is 6.77. The van der Waals surface area contributed by atoms with Crippen molar-refractivity contribution in [2.75, 3.05) is 6.26 Å². The molecular formula is C8H9N3S. The van der Waals surface area contributed by atoms with E-state index in [4.69, 9.17) is 5.53 Å². The van der Waals surface area contributed by atoms with Gasteiger partial charge in [-0.15, -0.1) is 11.8 Å². The molecule has 3 nitrogen and oxygen atoms in total. The van der Waals surface area contributed by atoms with E-state index in [2.05, 4.69) is 10.0 Å². The summed E-state index contributed by atoms with van der Waals surface area (Å²) in [6.45, 7) is 0.438. The van der Waals surface area contributed by atoms with E-state index in [-0.39, 0.29) is 0 Å². The molecule has 1 aromatic carbocycles. The largest absolute Gasteiger partial charge is 0.129 e. The third kappa shape index (κ3) is 2.19. The van der Waals surface area contributed by atoms with Gasteiger partial charge in [-0.05, 0) is 23.4 Å². The van der Waals surface area contributed by atoms with E-state index in [0.717, 1.165) is 5.56 Å². The van der Waals surface area contributed by atoms with Crippen LogP contribution in [-0.4, -0.2) is 6.26 Å². The van der Waals surface area contributed by atoms with Gasteiger partial charge in [0.2, 0.25) is 0 Å². The van der Waals surface area contributed by atoms with Crippen LogP contribution in [0.2, 0.25) is 0 Å². The van der Waals surface area contributed by atoms with Gasteiger partial charge in [0.05, 0.1) is 6.54 Å². The Hall–Kier alpha value is -1.12. The lowest BCUT2D eigenvalue weighted by molar-refractivity contribution is 1.01. The number of hydrogen-bond acceptors (Lipinski definition) is 2. The Balaban J connectivity index is 2.88. The Morgan fingerprint density at radius 1 is 1.50 bits per heavy atom. The van der Waals surface area contributed by atoms with Crippen molar-refractivity contribution in [2.24, 2.45) is 5.11 Å². The zero-order chi connectivity index (χ0) is 8.81. The first-order valence-electron chi connectivity index (χ1n) is 3.51. The summed E-state index contributed by atoms with van der Waals surface area (Å²) < 4.78 is 0. The number of benzene rings is 1. The third-order valence-corrected chi connectivity index (χ3v) is 2.33. The first-order valence-corrected chi connectivity index (χ1v) is 4.73. The third-order valence-electron chi connectivity index (χ3n) is 1.50. The van der Waals surface area contributed by atoms with Gasteiger partial charge in [0.1, 0.15) is 0 Å². The maximum absolute atomic E-state index is 8.14. The van der Waals surface area contributed by atoms with Crippen molar-refractivity contribution in [3.63, 3.8) is 0 Å². The van der Waals surface area contributed by atoms with E-state index in [0.29, 0.717) is 6.54 Å². The fourth-order valence-corrected chi connectivity index (χ4v) is 1.55. The van der Waals surface area contributed by atoms with Crippen molar-refractivity contribution < 1.29 is 0 Å². The molecule has 1 aromatic rings. The quantitative estimate of drug-likeness (QED) is 0.304. The van der Waals surface area contributed by atoms with Crippen LogP contribution in [0.15, 0.2) is 34.3 Å². The van der Waals surface area contributed by atoms with Crippen LogP contribution in [0.5, 0.6) is 0 Å². The predicted octanol–water partition coefficient (Wildman–Crippen LogP) is 3.22. The van der Waals surface area contributed by atoms with Crippen molar-refractivity contribution in [3.05, 3.63) is 40.3 Å². The van der Waals surface area contributed by atoms with Crippen molar-refractivity contribution in [3.8, 4) is 0 Å². The van der Waals surface area contributed by atoms with Gasteiger partial charge >= 0.3 is 0 Å². The summed E-state index contributed by atoms with van der Waals surface area (Å²) in [5, 5.41) is 3.52. The molecule has 0 bridgehead atoms. The Kier molecular flexibility index (Phi) is 3.51. The normalized spacial score (nSPS) is 9.08. The van der Waals surface area contributed by atoms with Crippen LogP contribution in [0.25, 0.3) is 10.4 Å². The Morgan fingerprint density at radius 3 is 2.92 bits per heavy atom. The minimum Gasteiger partial charge on any atom is -0.129 e. The molecule has 62 valence electrons. The maximum Gasteiger partial charge on any atom is 0.0521 e. The molecule has 12 heavy (non-hydrogen) atoms. The Bertz CT molecular complexity index is 305. The highest BCUT2D eigenvalue weighted by Gasteiger charge is 1.96. The highest BCUT2D eigenvalue weighted by Crippen LogP contribution is 2.20. The van der Waals surface area contributed by atoms with E-state index in [1.807, 2.05) is 30.5 Å². The number of azide groups is 1. The lowest BCUT2D eigenvalue weighted by Crippen LogP contribution is -1.83. The van der Waals surface area contributed by atoms with Crippen LogP contribution in [0, 0.1) is 0 Å². The second kappa shape index (κ2) is 4.70. The number of thioether (sulfide) groups is 1. The molecule has 0 aromatic heterocycles. The van der Waals surface area contributed by atoms with Crippen molar-refractivity contribution in [1.82, 2.24) is 0 Å². The van der Waals surface area contributed by atoms with Crippen LogP contribution >= 0.6 is 11.8 Å². The van der Waals surface area contributed by atoms with Crippen LogP contribution in [0.3, 0.4) is 0 Å². The average Bonchev–Trinajstić information content (AvgIpc) is 2.15. The summed E-state index contributed by atoms with van der Waals surface area (Å²) in [6.07, 6.45) is 2.01. The van der Waals surface area contributed by atoms with Gasteiger partial charge < -0.3 is 0 Å². The maximum atomic E-state index is 8.14. The molecule has 0 amide bonds. The summed E-state index contributed by atoms with van der Waals surface area (Å²) in [5.74, 6) is 0. The van der Waals surface area contributed by atoms with Crippen molar-refractivity contribution in [2.45, 2.75) is 11.4 Å². The molecule has 0 saturated heterocycles. The number of hydrogen-bond donors (Lipinski definition) is 0. The predicted molar refractivity (Wildman–Crippen MR) is 51.1 cm³/mol. The molecule has 0 aliphatic heterocycles. The second-order valence-corrected chi connectivity index (χ2v) is 3.05. The smallest absolute Gasteiger partial charge is 0.0521 e. The van der Waals surface area contributed by atoms with E-state index >= 15 is 0 Å². The topological polar surface area (TPSA) is 48.8 Å². The Morgan fingerprint density at radius 2 is 2.25 bits per heavy atom. The summed E-state index contributed by atoms with van der Waals surface area (Å²) in [7, 11) is 0. The standard InChI is InChI=1S/C8H9N3S/c1-12-8-5-3-2-4-7(8)6-10-11-9/h2-5H,6H2,1H3. The van der Waals surface area contributed by atoms with E-state index in [1.165, 1.54) is 4.90 Å². The lowest BCUT2D eigenvalue weighted by atomic mass is 10.2. The zero-order valence-corrected chi connectivity index (χ0v) is 7.58. The summed E-state index contributed by atoms with van der Waals surface area (Å²) in [4.78, 5) is 3.89. The summed E-state index contributed by atoms with van der Waals surface area (Å²) in [6, 6.07) is 7.92. The fourth-order valence-electron chi connectivity index (χ4n) is 0.941. The summed E-state index contributed by atoms with van der Waals surface area (Å²) in [5.41, 5.74) is 9.23. The van der Waals surface area contributed by atoms with Crippen LogP contribution in [0.1, 0.15) is 5.56 Å². The molecule has 0 fully saturated rings. The van der Waals surface area contributed by atoms with Crippen molar-refractivity contribution >= 4 is 11.8 Å². The van der Waals surface area contributed by atoms with Gasteiger partial charge in [-0.1, -0.05) is 23.3 Å². The number of rotatable bonds is 3. The molecular weight excluding hydrogens is 170 g/mol. The monoisotopic (exact) mass is 179 g/mol. The first kappa shape index (κ1) is 8.97.